The number of carbonyl (C=O) groups excluding carboxylic acids is 2. The molecule has 1 fully saturated rings. The number of fused-ring (bicyclic) bond motifs is 1. The van der Waals surface area contributed by atoms with Crippen molar-refractivity contribution in [1.29, 1.82) is 0 Å². The predicted octanol–water partition coefficient (Wildman–Crippen LogP) is 3.03. The zero-order valence-electron chi connectivity index (χ0n) is 17.7. The molecule has 7 nitrogen and oxygen atoms in total. The number of hydrogen-bond donors (Lipinski definition) is 1. The highest BCUT2D eigenvalue weighted by atomic mass is 19.1. The fourth-order valence-electron chi connectivity index (χ4n) is 4.07. The predicted molar refractivity (Wildman–Crippen MR) is 114 cm³/mol. The van der Waals surface area contributed by atoms with E-state index in [-0.39, 0.29) is 23.3 Å². The Labute approximate surface area is 180 Å². The first kappa shape index (κ1) is 21.0. The molecule has 3 aromatic rings. The molecule has 0 aliphatic carbocycles. The molecule has 0 bridgehead atoms. The van der Waals surface area contributed by atoms with Gasteiger partial charge in [0, 0.05) is 25.2 Å². The summed E-state index contributed by atoms with van der Waals surface area (Å²) in [5.41, 5.74) is 0.755. The number of carbonyl (C=O) groups is 2. The Bertz CT molecular complexity index is 1090. The van der Waals surface area contributed by atoms with Gasteiger partial charge in [0.2, 0.25) is 5.91 Å². The third kappa shape index (κ3) is 4.28. The topological polar surface area (TPSA) is 79.6 Å². The van der Waals surface area contributed by atoms with Crippen LogP contribution >= 0.6 is 0 Å². The summed E-state index contributed by atoms with van der Waals surface area (Å²) in [5, 5.41) is 11.3. The summed E-state index contributed by atoms with van der Waals surface area (Å²) in [7, 11) is 0. The highest BCUT2D eigenvalue weighted by molar-refractivity contribution is 5.97. The zero-order chi connectivity index (χ0) is 22.0. The Kier molecular flexibility index (Phi) is 5.97. The summed E-state index contributed by atoms with van der Waals surface area (Å²) in [6.45, 7) is 4.90. The number of pyridine rings is 1. The SMILES string of the molecule is CC(C)C(NC(=O)c1ccccc1F)C(=O)N1CCC(c2nnc3ccccn23)CC1. The van der Waals surface area contributed by atoms with Crippen LogP contribution in [0.4, 0.5) is 4.39 Å². The molecule has 1 aliphatic rings. The first-order valence-corrected chi connectivity index (χ1v) is 10.6. The fraction of sp³-hybridized carbons (Fsp3) is 0.391. The van der Waals surface area contributed by atoms with E-state index < -0.39 is 17.8 Å². The van der Waals surface area contributed by atoms with E-state index in [0.717, 1.165) is 24.3 Å². The molecule has 1 aromatic carbocycles. The summed E-state index contributed by atoms with van der Waals surface area (Å²) in [6, 6.07) is 10.9. The van der Waals surface area contributed by atoms with Crippen LogP contribution in [0, 0.1) is 11.7 Å². The maximum atomic E-state index is 14.0. The second kappa shape index (κ2) is 8.83. The number of hydrogen-bond acceptors (Lipinski definition) is 4. The quantitative estimate of drug-likeness (QED) is 0.684. The Balaban J connectivity index is 1.42. The number of halogens is 1. The van der Waals surface area contributed by atoms with Gasteiger partial charge in [0.15, 0.2) is 5.65 Å². The van der Waals surface area contributed by atoms with E-state index >= 15 is 0 Å². The minimum absolute atomic E-state index is 0.0571. The van der Waals surface area contributed by atoms with E-state index in [9.17, 15) is 14.0 Å². The molecule has 1 saturated heterocycles. The summed E-state index contributed by atoms with van der Waals surface area (Å²) in [6.07, 6.45) is 3.50. The second-order valence-corrected chi connectivity index (χ2v) is 8.26. The van der Waals surface area contributed by atoms with Crippen molar-refractivity contribution in [2.45, 2.75) is 38.6 Å². The lowest BCUT2D eigenvalue weighted by molar-refractivity contribution is -0.135. The number of amides is 2. The van der Waals surface area contributed by atoms with Crippen molar-refractivity contribution >= 4 is 17.5 Å². The van der Waals surface area contributed by atoms with Crippen LogP contribution in [-0.2, 0) is 4.79 Å². The van der Waals surface area contributed by atoms with Crippen LogP contribution < -0.4 is 5.32 Å². The van der Waals surface area contributed by atoms with E-state index in [4.69, 9.17) is 0 Å². The molecular weight excluding hydrogens is 397 g/mol. The van der Waals surface area contributed by atoms with Crippen LogP contribution in [0.15, 0.2) is 48.7 Å². The molecule has 1 atom stereocenters. The zero-order valence-corrected chi connectivity index (χ0v) is 17.7. The molecule has 0 spiro atoms. The molecule has 1 N–H and O–H groups in total. The molecular formula is C23H26FN5O2. The van der Waals surface area contributed by atoms with Crippen LogP contribution in [0.5, 0.6) is 0 Å². The molecule has 2 aromatic heterocycles. The smallest absolute Gasteiger partial charge is 0.254 e. The summed E-state index contributed by atoms with van der Waals surface area (Å²) >= 11 is 0. The van der Waals surface area contributed by atoms with E-state index in [1.54, 1.807) is 11.0 Å². The molecule has 3 heterocycles. The molecule has 4 rings (SSSR count). The highest BCUT2D eigenvalue weighted by Gasteiger charge is 2.33. The summed E-state index contributed by atoms with van der Waals surface area (Å²) in [5.74, 6) is -0.306. The lowest BCUT2D eigenvalue weighted by atomic mass is 9.94. The minimum Gasteiger partial charge on any atom is -0.341 e. The maximum absolute atomic E-state index is 14.0. The van der Waals surface area contributed by atoms with Gasteiger partial charge in [-0.25, -0.2) is 4.39 Å². The van der Waals surface area contributed by atoms with Crippen molar-refractivity contribution in [2.24, 2.45) is 5.92 Å². The number of likely N-dealkylation sites (tertiary alicyclic amines) is 1. The van der Waals surface area contributed by atoms with Gasteiger partial charge >= 0.3 is 0 Å². The van der Waals surface area contributed by atoms with Gasteiger partial charge in [-0.15, -0.1) is 10.2 Å². The maximum Gasteiger partial charge on any atom is 0.254 e. The van der Waals surface area contributed by atoms with Crippen molar-refractivity contribution < 1.29 is 14.0 Å². The Morgan fingerprint density at radius 3 is 2.48 bits per heavy atom. The van der Waals surface area contributed by atoms with Gasteiger partial charge in [-0.05, 0) is 43.0 Å². The third-order valence-electron chi connectivity index (χ3n) is 5.85. The largest absolute Gasteiger partial charge is 0.341 e. The summed E-state index contributed by atoms with van der Waals surface area (Å²) < 4.78 is 16.0. The first-order chi connectivity index (χ1) is 15.0. The van der Waals surface area contributed by atoms with E-state index in [0.29, 0.717) is 13.1 Å². The molecule has 8 heteroatoms. The lowest BCUT2D eigenvalue weighted by Crippen LogP contribution is -2.53. The van der Waals surface area contributed by atoms with Crippen LogP contribution in [0.3, 0.4) is 0 Å². The van der Waals surface area contributed by atoms with Gasteiger partial charge in [-0.3, -0.25) is 14.0 Å². The molecule has 162 valence electrons. The Morgan fingerprint density at radius 2 is 1.77 bits per heavy atom. The van der Waals surface area contributed by atoms with Gasteiger partial charge in [0.05, 0.1) is 5.56 Å². The number of aromatic nitrogens is 3. The van der Waals surface area contributed by atoms with Crippen molar-refractivity contribution in [3.63, 3.8) is 0 Å². The first-order valence-electron chi connectivity index (χ1n) is 10.6. The number of nitrogens with one attached hydrogen (secondary N) is 1. The molecule has 2 amide bonds. The summed E-state index contributed by atoms with van der Waals surface area (Å²) in [4.78, 5) is 27.5. The molecule has 1 unspecified atom stereocenters. The molecule has 1 aliphatic heterocycles. The number of nitrogens with zero attached hydrogens (tertiary/aromatic N) is 4. The lowest BCUT2D eigenvalue weighted by Gasteiger charge is -2.35. The van der Waals surface area contributed by atoms with E-state index in [2.05, 4.69) is 15.5 Å². The molecule has 0 radical (unpaired) electrons. The fourth-order valence-corrected chi connectivity index (χ4v) is 4.07. The van der Waals surface area contributed by atoms with Gasteiger partial charge in [0.1, 0.15) is 17.7 Å². The van der Waals surface area contributed by atoms with Gasteiger partial charge < -0.3 is 10.2 Å². The monoisotopic (exact) mass is 423 g/mol. The average molecular weight is 423 g/mol. The van der Waals surface area contributed by atoms with Gasteiger partial charge in [-0.1, -0.05) is 32.0 Å². The van der Waals surface area contributed by atoms with E-state index in [1.165, 1.54) is 18.2 Å². The normalized spacial score (nSPS) is 15.9. The average Bonchev–Trinajstić information content (AvgIpc) is 3.21. The van der Waals surface area contributed by atoms with Crippen LogP contribution in [0.2, 0.25) is 0 Å². The second-order valence-electron chi connectivity index (χ2n) is 8.26. The number of rotatable bonds is 5. The van der Waals surface area contributed by atoms with Crippen molar-refractivity contribution in [2.75, 3.05) is 13.1 Å². The van der Waals surface area contributed by atoms with Crippen LogP contribution in [0.25, 0.3) is 5.65 Å². The minimum atomic E-state index is -0.711. The van der Waals surface area contributed by atoms with Crippen molar-refractivity contribution in [1.82, 2.24) is 24.8 Å². The van der Waals surface area contributed by atoms with Crippen molar-refractivity contribution in [3.8, 4) is 0 Å². The highest BCUT2D eigenvalue weighted by Crippen LogP contribution is 2.27. The van der Waals surface area contributed by atoms with Crippen molar-refractivity contribution in [3.05, 3.63) is 65.9 Å². The number of benzene rings is 1. The molecule has 0 saturated carbocycles. The van der Waals surface area contributed by atoms with Gasteiger partial charge in [-0.2, -0.15) is 0 Å². The Morgan fingerprint density at radius 1 is 1.06 bits per heavy atom. The molecule has 31 heavy (non-hydrogen) atoms. The van der Waals surface area contributed by atoms with Crippen LogP contribution in [-0.4, -0.2) is 50.4 Å². The van der Waals surface area contributed by atoms with Crippen LogP contribution in [0.1, 0.15) is 48.8 Å². The number of piperidine rings is 1. The van der Waals surface area contributed by atoms with Gasteiger partial charge in [0.25, 0.3) is 5.91 Å². The third-order valence-corrected chi connectivity index (χ3v) is 5.85. The van der Waals surface area contributed by atoms with E-state index in [1.807, 2.05) is 42.6 Å². The standard InChI is InChI=1S/C23H26FN5O2/c1-15(2)20(25-22(30)17-7-3-4-8-18(17)24)23(31)28-13-10-16(11-14-28)21-27-26-19-9-5-6-12-29(19)21/h3-9,12,15-16,20H,10-11,13-14H2,1-2H3,(H,25,30). The Hall–Kier alpha value is -3.29.